The van der Waals surface area contributed by atoms with E-state index in [-0.39, 0.29) is 0 Å². The highest BCUT2D eigenvalue weighted by Crippen LogP contribution is 2.30. The molecule has 3 nitrogen and oxygen atoms in total. The zero-order valence-corrected chi connectivity index (χ0v) is 11.9. The molecule has 0 radical (unpaired) electrons. The third-order valence-corrected chi connectivity index (χ3v) is 3.13. The first-order valence-corrected chi connectivity index (χ1v) is 6.64. The molecule has 5 heteroatoms. The van der Waals surface area contributed by atoms with Gasteiger partial charge in [0.1, 0.15) is 5.75 Å². The van der Waals surface area contributed by atoms with Gasteiger partial charge in [-0.05, 0) is 36.7 Å². The summed E-state index contributed by atoms with van der Waals surface area (Å²) in [5.74, 6) is 1.10. The van der Waals surface area contributed by atoms with Crippen molar-refractivity contribution in [3.63, 3.8) is 0 Å². The molecular weight excluding hydrogens is 316 g/mol. The third kappa shape index (κ3) is 3.45. The summed E-state index contributed by atoms with van der Waals surface area (Å²) in [6.07, 6.45) is 2.57. The first-order chi connectivity index (χ1) is 8.69. The van der Waals surface area contributed by atoms with Crippen LogP contribution >= 0.6 is 27.5 Å². The molecule has 2 aromatic rings. The third-order valence-electron chi connectivity index (χ3n) is 2.34. The number of hydrogen-bond acceptors (Lipinski definition) is 3. The smallest absolute Gasteiger partial charge is 0.219 e. The molecule has 18 heavy (non-hydrogen) atoms. The molecule has 0 amide bonds. The van der Waals surface area contributed by atoms with Crippen molar-refractivity contribution in [2.24, 2.45) is 5.73 Å². The van der Waals surface area contributed by atoms with Crippen LogP contribution in [0.1, 0.15) is 5.56 Å². The van der Waals surface area contributed by atoms with Gasteiger partial charge >= 0.3 is 0 Å². The molecule has 1 heterocycles. The second-order valence-electron chi connectivity index (χ2n) is 3.72. The average molecular weight is 328 g/mol. The summed E-state index contributed by atoms with van der Waals surface area (Å²) in [5, 5.41) is 0.539. The SMILES string of the molecule is NCCc1ccc(Oc2ccc(Br)cc2Cl)nc1. The molecule has 0 saturated carbocycles. The highest BCUT2D eigenvalue weighted by molar-refractivity contribution is 9.10. The summed E-state index contributed by atoms with van der Waals surface area (Å²) in [6, 6.07) is 9.19. The first kappa shape index (κ1) is 13.3. The van der Waals surface area contributed by atoms with Gasteiger partial charge in [-0.1, -0.05) is 33.6 Å². The molecule has 0 bridgehead atoms. The lowest BCUT2D eigenvalue weighted by molar-refractivity contribution is 0.462. The Hall–Kier alpha value is -1.10. The van der Waals surface area contributed by atoms with Crippen molar-refractivity contribution in [3.8, 4) is 11.6 Å². The van der Waals surface area contributed by atoms with Crippen LogP contribution in [0.3, 0.4) is 0 Å². The van der Waals surface area contributed by atoms with Crippen molar-refractivity contribution in [1.29, 1.82) is 0 Å². The number of aromatic nitrogens is 1. The molecule has 0 atom stereocenters. The van der Waals surface area contributed by atoms with Crippen molar-refractivity contribution >= 4 is 27.5 Å². The van der Waals surface area contributed by atoms with Crippen LogP contribution in [0.2, 0.25) is 5.02 Å². The molecule has 0 aliphatic carbocycles. The summed E-state index contributed by atoms with van der Waals surface area (Å²) in [6.45, 7) is 0.612. The van der Waals surface area contributed by atoms with Gasteiger partial charge in [0.05, 0.1) is 5.02 Å². The summed E-state index contributed by atoms with van der Waals surface area (Å²) >= 11 is 9.40. The quantitative estimate of drug-likeness (QED) is 0.929. The fourth-order valence-corrected chi connectivity index (χ4v) is 2.17. The van der Waals surface area contributed by atoms with Gasteiger partial charge in [0.2, 0.25) is 5.88 Å². The van der Waals surface area contributed by atoms with Gasteiger partial charge in [-0.3, -0.25) is 0 Å². The maximum atomic E-state index is 6.06. The van der Waals surface area contributed by atoms with Gasteiger partial charge in [0.25, 0.3) is 0 Å². The Labute approximate surface area is 119 Å². The van der Waals surface area contributed by atoms with E-state index in [1.54, 1.807) is 18.3 Å². The molecule has 94 valence electrons. The van der Waals surface area contributed by atoms with Crippen LogP contribution in [-0.2, 0) is 6.42 Å². The van der Waals surface area contributed by atoms with Gasteiger partial charge < -0.3 is 10.5 Å². The second-order valence-corrected chi connectivity index (χ2v) is 5.04. The van der Waals surface area contributed by atoms with E-state index >= 15 is 0 Å². The van der Waals surface area contributed by atoms with Gasteiger partial charge in [-0.2, -0.15) is 0 Å². The monoisotopic (exact) mass is 326 g/mol. The lowest BCUT2D eigenvalue weighted by Gasteiger charge is -2.07. The molecule has 0 spiro atoms. The molecule has 2 rings (SSSR count). The highest BCUT2D eigenvalue weighted by Gasteiger charge is 2.04. The Morgan fingerprint density at radius 1 is 1.28 bits per heavy atom. The van der Waals surface area contributed by atoms with Crippen LogP contribution in [0.15, 0.2) is 41.0 Å². The van der Waals surface area contributed by atoms with Crippen LogP contribution in [0, 0.1) is 0 Å². The van der Waals surface area contributed by atoms with Gasteiger partial charge in [0.15, 0.2) is 0 Å². The van der Waals surface area contributed by atoms with E-state index in [1.165, 1.54) is 0 Å². The molecule has 0 fully saturated rings. The Bertz CT molecular complexity index is 531. The minimum absolute atomic E-state index is 0.514. The van der Waals surface area contributed by atoms with Crippen molar-refractivity contribution in [2.45, 2.75) is 6.42 Å². The van der Waals surface area contributed by atoms with Crippen molar-refractivity contribution in [3.05, 3.63) is 51.6 Å². The van der Waals surface area contributed by atoms with E-state index in [1.807, 2.05) is 18.2 Å². The Morgan fingerprint density at radius 2 is 2.11 bits per heavy atom. The molecule has 0 saturated heterocycles. The Kier molecular flexibility index (Phi) is 4.58. The Balaban J connectivity index is 2.13. The predicted octanol–water partition coefficient (Wildman–Crippen LogP) is 3.79. The van der Waals surface area contributed by atoms with Crippen molar-refractivity contribution in [2.75, 3.05) is 6.54 Å². The van der Waals surface area contributed by atoms with Crippen LogP contribution in [0.25, 0.3) is 0 Å². The molecule has 0 aliphatic rings. The van der Waals surface area contributed by atoms with Crippen molar-refractivity contribution in [1.82, 2.24) is 4.98 Å². The summed E-state index contributed by atoms with van der Waals surface area (Å²) in [4.78, 5) is 4.21. The topological polar surface area (TPSA) is 48.1 Å². The maximum absolute atomic E-state index is 6.06. The normalized spacial score (nSPS) is 10.4. The number of nitrogens with zero attached hydrogens (tertiary/aromatic N) is 1. The minimum atomic E-state index is 0.514. The van der Waals surface area contributed by atoms with Gasteiger partial charge in [-0.15, -0.1) is 0 Å². The predicted molar refractivity (Wildman–Crippen MR) is 76.2 cm³/mol. The number of halogens is 2. The van der Waals surface area contributed by atoms with E-state index in [2.05, 4.69) is 20.9 Å². The lowest BCUT2D eigenvalue weighted by atomic mass is 10.2. The lowest BCUT2D eigenvalue weighted by Crippen LogP contribution is -2.02. The average Bonchev–Trinajstić information content (AvgIpc) is 2.35. The zero-order valence-electron chi connectivity index (χ0n) is 9.57. The summed E-state index contributed by atoms with van der Waals surface area (Å²) in [5.41, 5.74) is 6.56. The van der Waals surface area contributed by atoms with Gasteiger partial charge in [-0.25, -0.2) is 4.98 Å². The van der Waals surface area contributed by atoms with Gasteiger partial charge in [0, 0.05) is 16.7 Å². The number of pyridine rings is 1. The zero-order chi connectivity index (χ0) is 13.0. The number of rotatable bonds is 4. The largest absolute Gasteiger partial charge is 0.437 e. The summed E-state index contributed by atoms with van der Waals surface area (Å²) in [7, 11) is 0. The summed E-state index contributed by atoms with van der Waals surface area (Å²) < 4.78 is 6.51. The number of hydrogen-bond donors (Lipinski definition) is 1. The molecule has 0 unspecified atom stereocenters. The number of nitrogens with two attached hydrogens (primary N) is 1. The van der Waals surface area contributed by atoms with E-state index in [9.17, 15) is 0 Å². The van der Waals surface area contributed by atoms with Crippen LogP contribution in [0.5, 0.6) is 11.6 Å². The standard InChI is InChI=1S/C13H12BrClN2O/c14-10-2-3-12(11(15)7-10)18-13-4-1-9(5-6-16)8-17-13/h1-4,7-8H,5-6,16H2. The van der Waals surface area contributed by atoms with E-state index < -0.39 is 0 Å². The molecule has 1 aromatic carbocycles. The molecule has 1 aromatic heterocycles. The number of ether oxygens (including phenoxy) is 1. The highest BCUT2D eigenvalue weighted by atomic mass is 79.9. The van der Waals surface area contributed by atoms with Crippen molar-refractivity contribution < 1.29 is 4.74 Å². The fraction of sp³-hybridized carbons (Fsp3) is 0.154. The second kappa shape index (κ2) is 6.18. The van der Waals surface area contributed by atoms with E-state index in [4.69, 9.17) is 22.1 Å². The fourth-order valence-electron chi connectivity index (χ4n) is 1.46. The molecular formula is C13H12BrClN2O. The minimum Gasteiger partial charge on any atom is -0.437 e. The van der Waals surface area contributed by atoms with Crippen LogP contribution in [0.4, 0.5) is 0 Å². The molecule has 2 N–H and O–H groups in total. The molecule has 0 aliphatic heterocycles. The maximum Gasteiger partial charge on any atom is 0.219 e. The van der Waals surface area contributed by atoms with Crippen LogP contribution < -0.4 is 10.5 Å². The number of benzene rings is 1. The van der Waals surface area contributed by atoms with Crippen LogP contribution in [-0.4, -0.2) is 11.5 Å². The van der Waals surface area contributed by atoms with E-state index in [0.29, 0.717) is 23.2 Å². The first-order valence-electron chi connectivity index (χ1n) is 5.47. The Morgan fingerprint density at radius 3 is 2.72 bits per heavy atom. The van der Waals surface area contributed by atoms with E-state index in [0.717, 1.165) is 16.5 Å².